The van der Waals surface area contributed by atoms with Gasteiger partial charge in [0.1, 0.15) is 0 Å². The van der Waals surface area contributed by atoms with Gasteiger partial charge in [0.15, 0.2) is 0 Å². The molecule has 2 N–H and O–H groups in total. The minimum Gasteiger partial charge on any atom is -0.328 e. The molecule has 0 aromatic heterocycles. The third kappa shape index (κ3) is 2.82. The van der Waals surface area contributed by atoms with Crippen LogP contribution < -0.4 is 5.73 Å². The summed E-state index contributed by atoms with van der Waals surface area (Å²) in [6.07, 6.45) is 10.2. The minimum atomic E-state index is 0.469. The van der Waals surface area contributed by atoms with Gasteiger partial charge in [-0.15, -0.1) is 0 Å². The van der Waals surface area contributed by atoms with Crippen molar-refractivity contribution in [3.05, 3.63) is 11.6 Å². The van der Waals surface area contributed by atoms with E-state index in [0.29, 0.717) is 6.04 Å². The van der Waals surface area contributed by atoms with Crippen molar-refractivity contribution in [2.24, 2.45) is 5.73 Å². The largest absolute Gasteiger partial charge is 0.328 e. The van der Waals surface area contributed by atoms with E-state index < -0.39 is 0 Å². The molecule has 1 saturated heterocycles. The Balaban J connectivity index is 1.65. The van der Waals surface area contributed by atoms with Crippen molar-refractivity contribution < 1.29 is 0 Å². The van der Waals surface area contributed by atoms with Crippen LogP contribution in [0.25, 0.3) is 0 Å². The smallest absolute Gasteiger partial charge is 0.00631 e. The Morgan fingerprint density at radius 3 is 2.79 bits per heavy atom. The molecule has 0 aromatic rings. The van der Waals surface area contributed by atoms with E-state index in [1.165, 1.54) is 58.2 Å². The van der Waals surface area contributed by atoms with Crippen molar-refractivity contribution in [2.45, 2.75) is 44.6 Å². The molecule has 0 aromatic carbocycles. The predicted octanol–water partition coefficient (Wildman–Crippen LogP) is 1.91. The van der Waals surface area contributed by atoms with Crippen LogP contribution in [-0.4, -0.2) is 30.6 Å². The Morgan fingerprint density at radius 1 is 1.36 bits per heavy atom. The standard InChI is InChI=1S/C12H22N2/c13-12-6-9-14(10-7-12)8-5-11-3-1-2-4-11/h3,12H,1-2,4-10,13H2. The molecule has 1 aliphatic heterocycles. The van der Waals surface area contributed by atoms with Gasteiger partial charge in [0.05, 0.1) is 0 Å². The van der Waals surface area contributed by atoms with Crippen LogP contribution in [0.3, 0.4) is 0 Å². The second-order valence-corrected chi connectivity index (χ2v) is 4.68. The molecule has 14 heavy (non-hydrogen) atoms. The fraction of sp³-hybridized carbons (Fsp3) is 0.833. The van der Waals surface area contributed by atoms with Gasteiger partial charge in [-0.2, -0.15) is 0 Å². The van der Waals surface area contributed by atoms with Gasteiger partial charge in [-0.1, -0.05) is 11.6 Å². The molecule has 0 atom stereocenters. The van der Waals surface area contributed by atoms with Crippen molar-refractivity contribution >= 4 is 0 Å². The Labute approximate surface area is 87.2 Å². The van der Waals surface area contributed by atoms with E-state index in [1.807, 2.05) is 0 Å². The fourth-order valence-electron chi connectivity index (χ4n) is 2.44. The fourth-order valence-corrected chi connectivity index (χ4v) is 2.44. The van der Waals surface area contributed by atoms with E-state index in [0.717, 1.165) is 0 Å². The topological polar surface area (TPSA) is 29.3 Å². The van der Waals surface area contributed by atoms with Crippen molar-refractivity contribution in [3.63, 3.8) is 0 Å². The third-order valence-corrected chi connectivity index (χ3v) is 3.52. The first-order valence-electron chi connectivity index (χ1n) is 6.00. The number of nitrogens with zero attached hydrogens (tertiary/aromatic N) is 1. The zero-order chi connectivity index (χ0) is 9.80. The Morgan fingerprint density at radius 2 is 2.14 bits per heavy atom. The molecule has 1 fully saturated rings. The first-order chi connectivity index (χ1) is 6.84. The molecule has 1 aliphatic carbocycles. The minimum absolute atomic E-state index is 0.469. The van der Waals surface area contributed by atoms with Crippen molar-refractivity contribution in [1.82, 2.24) is 4.90 Å². The summed E-state index contributed by atoms with van der Waals surface area (Å²) in [5.74, 6) is 0. The summed E-state index contributed by atoms with van der Waals surface area (Å²) in [7, 11) is 0. The van der Waals surface area contributed by atoms with Crippen LogP contribution in [0.4, 0.5) is 0 Å². The summed E-state index contributed by atoms with van der Waals surface area (Å²) in [6.45, 7) is 3.70. The summed E-state index contributed by atoms with van der Waals surface area (Å²) >= 11 is 0. The number of hydrogen-bond donors (Lipinski definition) is 1. The Hall–Kier alpha value is -0.340. The summed E-state index contributed by atoms with van der Waals surface area (Å²) in [5.41, 5.74) is 7.57. The Bertz CT molecular complexity index is 202. The second-order valence-electron chi connectivity index (χ2n) is 4.68. The number of allylic oxidation sites excluding steroid dienone is 1. The average molecular weight is 194 g/mol. The van der Waals surface area contributed by atoms with Crippen molar-refractivity contribution in [3.8, 4) is 0 Å². The van der Waals surface area contributed by atoms with E-state index in [2.05, 4.69) is 11.0 Å². The van der Waals surface area contributed by atoms with E-state index in [4.69, 9.17) is 5.73 Å². The molecule has 2 heteroatoms. The maximum atomic E-state index is 5.88. The molecule has 0 amide bonds. The summed E-state index contributed by atoms with van der Waals surface area (Å²) in [5, 5.41) is 0. The number of hydrogen-bond acceptors (Lipinski definition) is 2. The molecule has 80 valence electrons. The summed E-state index contributed by atoms with van der Waals surface area (Å²) in [6, 6.07) is 0.469. The predicted molar refractivity (Wildman–Crippen MR) is 60.2 cm³/mol. The van der Waals surface area contributed by atoms with Gasteiger partial charge in [-0.05, 0) is 51.6 Å². The molecule has 0 radical (unpaired) electrons. The molecule has 2 aliphatic rings. The van der Waals surface area contributed by atoms with Crippen LogP contribution in [0.2, 0.25) is 0 Å². The highest BCUT2D eigenvalue weighted by Crippen LogP contribution is 2.21. The normalized spacial score (nSPS) is 25.4. The van der Waals surface area contributed by atoms with Gasteiger partial charge in [0.2, 0.25) is 0 Å². The quantitative estimate of drug-likeness (QED) is 0.695. The highest BCUT2D eigenvalue weighted by molar-refractivity contribution is 5.07. The SMILES string of the molecule is NC1CCN(CCC2=CCCC2)CC1. The van der Waals surface area contributed by atoms with E-state index in [1.54, 1.807) is 5.57 Å². The highest BCUT2D eigenvalue weighted by atomic mass is 15.1. The van der Waals surface area contributed by atoms with Crippen LogP contribution in [-0.2, 0) is 0 Å². The molecule has 0 spiro atoms. The van der Waals surface area contributed by atoms with E-state index >= 15 is 0 Å². The molecule has 2 nitrogen and oxygen atoms in total. The average Bonchev–Trinajstić information content (AvgIpc) is 2.70. The first-order valence-corrected chi connectivity index (χ1v) is 6.00. The molecule has 2 rings (SSSR count). The lowest BCUT2D eigenvalue weighted by molar-refractivity contribution is 0.215. The highest BCUT2D eigenvalue weighted by Gasteiger charge is 2.16. The van der Waals surface area contributed by atoms with Crippen LogP contribution in [0.1, 0.15) is 38.5 Å². The van der Waals surface area contributed by atoms with Gasteiger partial charge in [0.25, 0.3) is 0 Å². The maximum absolute atomic E-state index is 5.88. The molecule has 0 saturated carbocycles. The lowest BCUT2D eigenvalue weighted by Gasteiger charge is -2.30. The van der Waals surface area contributed by atoms with Gasteiger partial charge >= 0.3 is 0 Å². The van der Waals surface area contributed by atoms with Crippen LogP contribution in [0.5, 0.6) is 0 Å². The number of rotatable bonds is 3. The second kappa shape index (κ2) is 4.94. The van der Waals surface area contributed by atoms with Crippen LogP contribution in [0, 0.1) is 0 Å². The Kier molecular flexibility index (Phi) is 3.60. The number of nitrogens with two attached hydrogens (primary N) is 1. The molecule has 1 heterocycles. The van der Waals surface area contributed by atoms with E-state index in [9.17, 15) is 0 Å². The van der Waals surface area contributed by atoms with E-state index in [-0.39, 0.29) is 0 Å². The summed E-state index contributed by atoms with van der Waals surface area (Å²) in [4.78, 5) is 2.57. The monoisotopic (exact) mass is 194 g/mol. The zero-order valence-corrected chi connectivity index (χ0v) is 9.04. The molecular formula is C12H22N2. The summed E-state index contributed by atoms with van der Waals surface area (Å²) < 4.78 is 0. The van der Waals surface area contributed by atoms with Crippen molar-refractivity contribution in [1.29, 1.82) is 0 Å². The third-order valence-electron chi connectivity index (χ3n) is 3.52. The van der Waals surface area contributed by atoms with Gasteiger partial charge in [-0.25, -0.2) is 0 Å². The molecule has 0 unspecified atom stereocenters. The van der Waals surface area contributed by atoms with Gasteiger partial charge in [0, 0.05) is 12.6 Å². The zero-order valence-electron chi connectivity index (χ0n) is 9.04. The molecular weight excluding hydrogens is 172 g/mol. The first kappa shape index (κ1) is 10.2. The van der Waals surface area contributed by atoms with Crippen molar-refractivity contribution in [2.75, 3.05) is 19.6 Å². The maximum Gasteiger partial charge on any atom is 0.00631 e. The van der Waals surface area contributed by atoms with Gasteiger partial charge in [-0.3, -0.25) is 0 Å². The number of piperidine rings is 1. The van der Waals surface area contributed by atoms with Gasteiger partial charge < -0.3 is 10.6 Å². The number of likely N-dealkylation sites (tertiary alicyclic amines) is 1. The lowest BCUT2D eigenvalue weighted by atomic mass is 10.1. The lowest BCUT2D eigenvalue weighted by Crippen LogP contribution is -2.40. The van der Waals surface area contributed by atoms with Crippen LogP contribution in [0.15, 0.2) is 11.6 Å². The molecule has 0 bridgehead atoms. The van der Waals surface area contributed by atoms with Crippen LogP contribution >= 0.6 is 0 Å².